The summed E-state index contributed by atoms with van der Waals surface area (Å²) in [6.07, 6.45) is 0.653. The van der Waals surface area contributed by atoms with Gasteiger partial charge in [0.05, 0.1) is 6.04 Å². The number of anilines is 2. The molecule has 2 aromatic rings. The van der Waals surface area contributed by atoms with Gasteiger partial charge >= 0.3 is 0 Å². The van der Waals surface area contributed by atoms with Gasteiger partial charge < -0.3 is 16.0 Å². The summed E-state index contributed by atoms with van der Waals surface area (Å²) < 4.78 is 13.6. The summed E-state index contributed by atoms with van der Waals surface area (Å²) in [5.74, 6) is 0.194. The first-order valence-corrected chi connectivity index (χ1v) is 7.90. The number of rotatable bonds is 2. The monoisotopic (exact) mass is 349 g/mol. The Balaban J connectivity index is 1.94. The zero-order chi connectivity index (χ0) is 17.3. The first-order chi connectivity index (χ1) is 11.4. The van der Waals surface area contributed by atoms with Gasteiger partial charge in [0, 0.05) is 26.1 Å². The first kappa shape index (κ1) is 16.4. The van der Waals surface area contributed by atoms with Crippen molar-refractivity contribution in [1.29, 1.82) is 0 Å². The lowest BCUT2D eigenvalue weighted by atomic mass is 9.99. The minimum absolute atomic E-state index is 0.0415. The van der Waals surface area contributed by atoms with Crippen LogP contribution in [0.15, 0.2) is 24.3 Å². The molecule has 0 saturated carbocycles. The molecular formula is C16H17ClFN5O. The number of nitrogens with one attached hydrogen (secondary N) is 1. The van der Waals surface area contributed by atoms with Crippen molar-refractivity contribution < 1.29 is 9.18 Å². The number of hydrogen-bond donors (Lipinski definition) is 2. The fraction of sp³-hybridized carbons (Fsp3) is 0.312. The molecule has 24 heavy (non-hydrogen) atoms. The summed E-state index contributed by atoms with van der Waals surface area (Å²) in [6, 6.07) is 6.05. The van der Waals surface area contributed by atoms with Crippen molar-refractivity contribution in [3.63, 3.8) is 0 Å². The normalized spacial score (nSPS) is 17.1. The molecule has 3 rings (SSSR count). The van der Waals surface area contributed by atoms with E-state index in [4.69, 9.17) is 17.3 Å². The van der Waals surface area contributed by atoms with Gasteiger partial charge in [0.25, 0.3) is 0 Å². The van der Waals surface area contributed by atoms with Gasteiger partial charge in [0.15, 0.2) is 0 Å². The maximum atomic E-state index is 13.6. The Morgan fingerprint density at radius 3 is 2.92 bits per heavy atom. The SMILES string of the molecule is CC(=O)N1CCC(Nc2cc(Cl)nc(N)n2)c2ccc(F)cc2C1. The van der Waals surface area contributed by atoms with Crippen molar-refractivity contribution in [1.82, 2.24) is 14.9 Å². The molecule has 1 unspecified atom stereocenters. The van der Waals surface area contributed by atoms with E-state index in [0.29, 0.717) is 25.3 Å². The number of aromatic nitrogens is 2. The van der Waals surface area contributed by atoms with Gasteiger partial charge in [0.1, 0.15) is 16.8 Å². The van der Waals surface area contributed by atoms with E-state index in [0.717, 1.165) is 11.1 Å². The number of hydrogen-bond acceptors (Lipinski definition) is 5. The predicted molar refractivity (Wildman–Crippen MR) is 89.9 cm³/mol. The van der Waals surface area contributed by atoms with Crippen LogP contribution >= 0.6 is 11.6 Å². The maximum absolute atomic E-state index is 13.6. The molecule has 0 spiro atoms. The lowest BCUT2D eigenvalue weighted by Crippen LogP contribution is -2.28. The van der Waals surface area contributed by atoms with E-state index in [1.165, 1.54) is 19.1 Å². The molecule has 1 aliphatic rings. The highest BCUT2D eigenvalue weighted by molar-refractivity contribution is 6.29. The number of nitrogen functional groups attached to an aromatic ring is 1. The molecule has 0 aliphatic carbocycles. The fourth-order valence-corrected chi connectivity index (χ4v) is 3.07. The van der Waals surface area contributed by atoms with Crippen LogP contribution in [0.4, 0.5) is 16.2 Å². The van der Waals surface area contributed by atoms with Crippen molar-refractivity contribution in [2.45, 2.75) is 25.9 Å². The van der Waals surface area contributed by atoms with Crippen molar-refractivity contribution in [2.75, 3.05) is 17.6 Å². The molecule has 1 aromatic heterocycles. The largest absolute Gasteiger partial charge is 0.368 e. The smallest absolute Gasteiger partial charge is 0.223 e. The van der Waals surface area contributed by atoms with E-state index in [2.05, 4.69) is 15.3 Å². The summed E-state index contributed by atoms with van der Waals surface area (Å²) in [5, 5.41) is 3.50. The van der Waals surface area contributed by atoms with Crippen LogP contribution in [0, 0.1) is 5.82 Å². The summed E-state index contributed by atoms with van der Waals surface area (Å²) in [4.78, 5) is 21.4. The second-order valence-corrected chi connectivity index (χ2v) is 6.09. The Morgan fingerprint density at radius 1 is 1.42 bits per heavy atom. The van der Waals surface area contributed by atoms with Crippen LogP contribution in [0.25, 0.3) is 0 Å². The summed E-state index contributed by atoms with van der Waals surface area (Å²) in [6.45, 7) is 2.45. The molecule has 8 heteroatoms. The molecule has 2 heterocycles. The molecule has 6 nitrogen and oxygen atoms in total. The molecule has 0 saturated heterocycles. The second kappa shape index (κ2) is 6.60. The highest BCUT2D eigenvalue weighted by atomic mass is 35.5. The Bertz CT molecular complexity index is 765. The van der Waals surface area contributed by atoms with Crippen molar-refractivity contribution in [3.05, 3.63) is 46.4 Å². The van der Waals surface area contributed by atoms with E-state index in [9.17, 15) is 9.18 Å². The van der Waals surface area contributed by atoms with Crippen molar-refractivity contribution in [2.24, 2.45) is 0 Å². The molecule has 1 amide bonds. The lowest BCUT2D eigenvalue weighted by Gasteiger charge is -2.20. The molecule has 1 atom stereocenters. The minimum atomic E-state index is -0.327. The zero-order valence-electron chi connectivity index (χ0n) is 13.1. The van der Waals surface area contributed by atoms with Crippen LogP contribution in [-0.2, 0) is 11.3 Å². The van der Waals surface area contributed by atoms with Gasteiger partial charge in [-0.2, -0.15) is 4.98 Å². The van der Waals surface area contributed by atoms with E-state index in [1.54, 1.807) is 17.0 Å². The molecule has 0 fully saturated rings. The third-order valence-corrected chi connectivity index (χ3v) is 4.20. The second-order valence-electron chi connectivity index (χ2n) is 5.70. The summed E-state index contributed by atoms with van der Waals surface area (Å²) in [7, 11) is 0. The quantitative estimate of drug-likeness (QED) is 0.814. The molecule has 3 N–H and O–H groups in total. The minimum Gasteiger partial charge on any atom is -0.368 e. The Morgan fingerprint density at radius 2 is 2.21 bits per heavy atom. The maximum Gasteiger partial charge on any atom is 0.223 e. The summed E-state index contributed by atoms with van der Waals surface area (Å²) >= 11 is 5.91. The fourth-order valence-electron chi connectivity index (χ4n) is 2.88. The number of nitrogens with zero attached hydrogens (tertiary/aromatic N) is 3. The number of carbonyl (C=O) groups is 1. The molecule has 0 bridgehead atoms. The van der Waals surface area contributed by atoms with Crippen LogP contribution < -0.4 is 11.1 Å². The van der Waals surface area contributed by atoms with Crippen LogP contribution in [0.5, 0.6) is 0 Å². The topological polar surface area (TPSA) is 84.1 Å². The van der Waals surface area contributed by atoms with Gasteiger partial charge in [-0.05, 0) is 29.7 Å². The number of carbonyl (C=O) groups excluding carboxylic acids is 1. The molecule has 1 aliphatic heterocycles. The number of fused-ring (bicyclic) bond motifs is 1. The van der Waals surface area contributed by atoms with Gasteiger partial charge in [-0.15, -0.1) is 0 Å². The van der Waals surface area contributed by atoms with E-state index >= 15 is 0 Å². The molecule has 0 radical (unpaired) electrons. The highest BCUT2D eigenvalue weighted by Gasteiger charge is 2.24. The van der Waals surface area contributed by atoms with E-state index < -0.39 is 0 Å². The molecule has 126 valence electrons. The van der Waals surface area contributed by atoms with Crippen LogP contribution in [0.1, 0.15) is 30.5 Å². The lowest BCUT2D eigenvalue weighted by molar-refractivity contribution is -0.129. The van der Waals surface area contributed by atoms with Gasteiger partial charge in [-0.3, -0.25) is 4.79 Å². The third-order valence-electron chi connectivity index (χ3n) is 4.01. The number of nitrogens with two attached hydrogens (primary N) is 1. The predicted octanol–water partition coefficient (Wildman–Crippen LogP) is 2.76. The van der Waals surface area contributed by atoms with Crippen LogP contribution in [-0.4, -0.2) is 27.3 Å². The average Bonchev–Trinajstić information content (AvgIpc) is 2.65. The standard InChI is InChI=1S/C16H17ClFN5O/c1-9(24)23-5-4-13(12-3-2-11(18)6-10(12)8-23)20-15-7-14(17)21-16(19)22-15/h2-3,6-7,13H,4-5,8H2,1H3,(H3,19,20,21,22). The Labute approximate surface area is 143 Å². The molecular weight excluding hydrogens is 333 g/mol. The van der Waals surface area contributed by atoms with E-state index in [-0.39, 0.29) is 28.9 Å². The zero-order valence-corrected chi connectivity index (χ0v) is 13.8. The van der Waals surface area contributed by atoms with Gasteiger partial charge in [-0.25, -0.2) is 9.37 Å². The average molecular weight is 350 g/mol. The summed E-state index contributed by atoms with van der Waals surface area (Å²) in [5.41, 5.74) is 7.32. The van der Waals surface area contributed by atoms with Crippen molar-refractivity contribution in [3.8, 4) is 0 Å². The van der Waals surface area contributed by atoms with Crippen LogP contribution in [0.2, 0.25) is 5.15 Å². The highest BCUT2D eigenvalue weighted by Crippen LogP contribution is 2.30. The first-order valence-electron chi connectivity index (χ1n) is 7.53. The van der Waals surface area contributed by atoms with E-state index in [1.807, 2.05) is 0 Å². The molecule has 1 aromatic carbocycles. The van der Waals surface area contributed by atoms with Gasteiger partial charge in [0.2, 0.25) is 11.9 Å². The number of benzene rings is 1. The number of amides is 1. The van der Waals surface area contributed by atoms with Crippen molar-refractivity contribution >= 4 is 29.3 Å². The number of halogens is 2. The van der Waals surface area contributed by atoms with Gasteiger partial charge in [-0.1, -0.05) is 17.7 Å². The Hall–Kier alpha value is -2.41. The third kappa shape index (κ3) is 3.56. The van der Waals surface area contributed by atoms with Crippen LogP contribution in [0.3, 0.4) is 0 Å². The Kier molecular flexibility index (Phi) is 4.53.